The van der Waals surface area contributed by atoms with Gasteiger partial charge in [-0.3, -0.25) is 4.79 Å². The quantitative estimate of drug-likeness (QED) is 0.168. The Morgan fingerprint density at radius 2 is 2.00 bits per heavy atom. The van der Waals surface area contributed by atoms with Gasteiger partial charge >= 0.3 is 57.4 Å². The molecule has 0 spiro atoms. The average Bonchev–Trinajstić information content (AvgIpc) is 2.24. The Kier molecular flexibility index (Phi) is 11.6. The van der Waals surface area contributed by atoms with Crippen LogP contribution in [0.25, 0.3) is 0 Å². The van der Waals surface area contributed by atoms with Gasteiger partial charge in [0.25, 0.3) is 0 Å². The fourth-order valence-electron chi connectivity index (χ4n) is 1.28. The van der Waals surface area contributed by atoms with Gasteiger partial charge in [-0.25, -0.2) is 0 Å². The molecule has 0 heterocycles. The fraction of sp³-hybridized carbons (Fsp3) is 0.667. The monoisotopic (exact) mass is 264 g/mol. The summed E-state index contributed by atoms with van der Waals surface area (Å²) < 4.78 is 4.73. The molecule has 1 atom stereocenters. The SMILES string of the molecule is C#CCCCCC(C)(C(=O)[O-])C(=O)OCC.[K+]. The van der Waals surface area contributed by atoms with Crippen molar-refractivity contribution in [1.29, 1.82) is 0 Å². The number of carboxylic acid groups (broad SMARTS) is 1. The molecule has 0 saturated carbocycles. The zero-order chi connectivity index (χ0) is 12.6. The van der Waals surface area contributed by atoms with Crippen LogP contribution in [0, 0.1) is 17.8 Å². The number of ether oxygens (including phenoxy) is 1. The molecule has 0 saturated heterocycles. The second kappa shape index (κ2) is 10.1. The Morgan fingerprint density at radius 1 is 1.41 bits per heavy atom. The Hall–Kier alpha value is 0.136. The Morgan fingerprint density at radius 3 is 2.41 bits per heavy atom. The summed E-state index contributed by atoms with van der Waals surface area (Å²) in [5, 5.41) is 10.9. The number of unbranched alkanes of at least 4 members (excludes halogenated alkanes) is 2. The molecule has 0 fully saturated rings. The molecule has 0 bridgehead atoms. The van der Waals surface area contributed by atoms with Gasteiger partial charge in [0.1, 0.15) is 5.41 Å². The molecule has 5 heteroatoms. The summed E-state index contributed by atoms with van der Waals surface area (Å²) in [5.41, 5.74) is -1.56. The maximum atomic E-state index is 11.5. The van der Waals surface area contributed by atoms with Crippen molar-refractivity contribution >= 4 is 11.9 Å². The summed E-state index contributed by atoms with van der Waals surface area (Å²) in [6.45, 7) is 3.12. The zero-order valence-electron chi connectivity index (χ0n) is 10.7. The molecular weight excluding hydrogens is 247 g/mol. The summed E-state index contributed by atoms with van der Waals surface area (Å²) in [6, 6.07) is 0. The van der Waals surface area contributed by atoms with Crippen molar-refractivity contribution in [2.45, 2.75) is 39.5 Å². The Balaban J connectivity index is 0. The summed E-state index contributed by atoms with van der Waals surface area (Å²) in [6.07, 6.45) is 7.10. The number of carboxylic acids is 1. The summed E-state index contributed by atoms with van der Waals surface area (Å²) in [7, 11) is 0. The number of carbonyl (C=O) groups excluding carboxylic acids is 2. The molecule has 0 N–H and O–H groups in total. The van der Waals surface area contributed by atoms with Crippen molar-refractivity contribution in [3.05, 3.63) is 0 Å². The number of carbonyl (C=O) groups is 2. The van der Waals surface area contributed by atoms with E-state index in [1.807, 2.05) is 0 Å². The fourth-order valence-corrected chi connectivity index (χ4v) is 1.28. The number of hydrogen-bond donors (Lipinski definition) is 0. The van der Waals surface area contributed by atoms with Crippen LogP contribution in [0.15, 0.2) is 0 Å². The van der Waals surface area contributed by atoms with E-state index in [-0.39, 0.29) is 64.4 Å². The van der Waals surface area contributed by atoms with E-state index in [1.165, 1.54) is 6.92 Å². The van der Waals surface area contributed by atoms with Gasteiger partial charge in [-0.1, -0.05) is 6.42 Å². The van der Waals surface area contributed by atoms with E-state index in [0.29, 0.717) is 19.3 Å². The Bertz CT molecular complexity index is 295. The van der Waals surface area contributed by atoms with E-state index < -0.39 is 17.4 Å². The molecular formula is C12H17KO4. The molecule has 0 aliphatic carbocycles. The number of hydrogen-bond acceptors (Lipinski definition) is 4. The van der Waals surface area contributed by atoms with Crippen molar-refractivity contribution in [3.8, 4) is 12.3 Å². The molecule has 0 radical (unpaired) electrons. The van der Waals surface area contributed by atoms with E-state index in [1.54, 1.807) is 6.92 Å². The van der Waals surface area contributed by atoms with Gasteiger partial charge in [0, 0.05) is 6.42 Å². The van der Waals surface area contributed by atoms with Gasteiger partial charge < -0.3 is 14.6 Å². The first-order chi connectivity index (χ1) is 7.49. The first-order valence-corrected chi connectivity index (χ1v) is 5.31. The van der Waals surface area contributed by atoms with E-state index in [9.17, 15) is 14.7 Å². The third-order valence-corrected chi connectivity index (χ3v) is 2.42. The number of aliphatic carboxylic acids is 1. The molecule has 0 amide bonds. The maximum absolute atomic E-state index is 11.5. The first-order valence-electron chi connectivity index (χ1n) is 5.31. The minimum Gasteiger partial charge on any atom is -0.549 e. The van der Waals surface area contributed by atoms with Crippen molar-refractivity contribution < 1.29 is 70.8 Å². The molecule has 17 heavy (non-hydrogen) atoms. The van der Waals surface area contributed by atoms with Crippen molar-refractivity contribution in [1.82, 2.24) is 0 Å². The first kappa shape index (κ1) is 19.5. The minimum atomic E-state index is -1.56. The second-order valence-corrected chi connectivity index (χ2v) is 3.75. The normalized spacial score (nSPS) is 12.8. The van der Waals surface area contributed by atoms with Crippen LogP contribution in [-0.4, -0.2) is 18.5 Å². The largest absolute Gasteiger partial charge is 1.00 e. The van der Waals surface area contributed by atoms with Crippen LogP contribution < -0.4 is 56.5 Å². The molecule has 0 aromatic heterocycles. The number of terminal acetylenes is 1. The van der Waals surface area contributed by atoms with Crippen LogP contribution in [0.4, 0.5) is 0 Å². The molecule has 0 aromatic carbocycles. The summed E-state index contributed by atoms with van der Waals surface area (Å²) in [5.74, 6) is 0.322. The van der Waals surface area contributed by atoms with Crippen LogP contribution in [0.5, 0.6) is 0 Å². The standard InChI is InChI=1S/C12H18O4.K/c1-4-6-7-8-9-12(3,10(13)14)11(15)16-5-2;/h1H,5-9H2,2-3H3,(H,13,14);/q;+1/p-1. The summed E-state index contributed by atoms with van der Waals surface area (Å²) >= 11 is 0. The van der Waals surface area contributed by atoms with Crippen LogP contribution in [-0.2, 0) is 14.3 Å². The van der Waals surface area contributed by atoms with E-state index in [0.717, 1.165) is 0 Å². The topological polar surface area (TPSA) is 66.4 Å². The maximum Gasteiger partial charge on any atom is 1.00 e. The van der Waals surface area contributed by atoms with Crippen LogP contribution in [0.1, 0.15) is 39.5 Å². The third kappa shape index (κ3) is 6.58. The van der Waals surface area contributed by atoms with E-state index >= 15 is 0 Å². The molecule has 4 nitrogen and oxygen atoms in total. The second-order valence-electron chi connectivity index (χ2n) is 3.75. The van der Waals surface area contributed by atoms with Gasteiger partial charge in [-0.2, -0.15) is 0 Å². The van der Waals surface area contributed by atoms with E-state index in [4.69, 9.17) is 11.2 Å². The average molecular weight is 264 g/mol. The molecule has 90 valence electrons. The van der Waals surface area contributed by atoms with Crippen LogP contribution in [0.2, 0.25) is 0 Å². The molecule has 0 rings (SSSR count). The van der Waals surface area contributed by atoms with Crippen molar-refractivity contribution in [2.24, 2.45) is 5.41 Å². The predicted octanol–water partition coefficient (Wildman–Crippen LogP) is -2.50. The van der Waals surface area contributed by atoms with Crippen molar-refractivity contribution in [3.63, 3.8) is 0 Å². The Labute approximate surface area is 145 Å². The number of esters is 1. The van der Waals surface area contributed by atoms with Gasteiger partial charge in [0.15, 0.2) is 0 Å². The summed E-state index contributed by atoms with van der Waals surface area (Å²) in [4.78, 5) is 22.4. The van der Waals surface area contributed by atoms with Gasteiger partial charge in [-0.15, -0.1) is 12.3 Å². The molecule has 0 aromatic rings. The zero-order valence-corrected chi connectivity index (χ0v) is 13.9. The predicted molar refractivity (Wildman–Crippen MR) is 57.0 cm³/mol. The number of rotatable bonds is 7. The van der Waals surface area contributed by atoms with Gasteiger partial charge in [0.2, 0.25) is 0 Å². The smallest absolute Gasteiger partial charge is 0.549 e. The van der Waals surface area contributed by atoms with Gasteiger partial charge in [0.05, 0.1) is 12.6 Å². The molecule has 1 unspecified atom stereocenters. The molecule has 0 aliphatic heterocycles. The minimum absolute atomic E-state index is 0. The van der Waals surface area contributed by atoms with Crippen molar-refractivity contribution in [2.75, 3.05) is 6.61 Å². The third-order valence-electron chi connectivity index (χ3n) is 2.42. The van der Waals surface area contributed by atoms with E-state index in [2.05, 4.69) is 5.92 Å². The van der Waals surface area contributed by atoms with Crippen LogP contribution >= 0.6 is 0 Å². The molecule has 0 aliphatic rings. The van der Waals surface area contributed by atoms with Crippen LogP contribution in [0.3, 0.4) is 0 Å². The van der Waals surface area contributed by atoms with Gasteiger partial charge in [-0.05, 0) is 26.7 Å².